The monoisotopic (exact) mass is 415 g/mol. The number of nitrogens with one attached hydrogen (secondary N) is 1. The lowest BCUT2D eigenvalue weighted by Gasteiger charge is -2.30. The molecule has 0 saturated heterocycles. The molecule has 2 aromatic rings. The van der Waals surface area contributed by atoms with Crippen LogP contribution in [-0.4, -0.2) is 61.1 Å². The fourth-order valence-electron chi connectivity index (χ4n) is 3.57. The molecule has 1 aromatic carbocycles. The van der Waals surface area contributed by atoms with Gasteiger partial charge in [-0.25, -0.2) is 4.79 Å². The van der Waals surface area contributed by atoms with Gasteiger partial charge in [-0.15, -0.1) is 11.3 Å². The van der Waals surface area contributed by atoms with Crippen LogP contribution in [0.1, 0.15) is 16.9 Å². The first-order valence-electron chi connectivity index (χ1n) is 9.80. The molecule has 29 heavy (non-hydrogen) atoms. The van der Waals surface area contributed by atoms with E-state index in [-0.39, 0.29) is 18.0 Å². The lowest BCUT2D eigenvalue weighted by atomic mass is 10.1. The first-order valence-corrected chi connectivity index (χ1v) is 10.7. The van der Waals surface area contributed by atoms with Crippen molar-refractivity contribution in [2.24, 2.45) is 0 Å². The van der Waals surface area contributed by atoms with Crippen molar-refractivity contribution >= 4 is 23.3 Å². The third-order valence-electron chi connectivity index (χ3n) is 5.17. The quantitative estimate of drug-likeness (QED) is 0.815. The maximum Gasteiger partial charge on any atom is 0.317 e. The van der Waals surface area contributed by atoms with E-state index in [1.54, 1.807) is 23.3 Å². The predicted octanol–water partition coefficient (Wildman–Crippen LogP) is 2.50. The van der Waals surface area contributed by atoms with Gasteiger partial charge in [0, 0.05) is 38.0 Å². The van der Waals surface area contributed by atoms with E-state index < -0.39 is 0 Å². The Bertz CT molecular complexity index is 884. The molecule has 3 amide bonds. The van der Waals surface area contributed by atoms with Gasteiger partial charge >= 0.3 is 6.03 Å². The second-order valence-corrected chi connectivity index (χ2v) is 8.30. The van der Waals surface area contributed by atoms with E-state index in [4.69, 9.17) is 9.47 Å². The van der Waals surface area contributed by atoms with Crippen molar-refractivity contribution in [2.45, 2.75) is 25.5 Å². The zero-order valence-corrected chi connectivity index (χ0v) is 17.2. The summed E-state index contributed by atoms with van der Waals surface area (Å²) >= 11 is 1.75. The van der Waals surface area contributed by atoms with Gasteiger partial charge < -0.3 is 24.6 Å². The summed E-state index contributed by atoms with van der Waals surface area (Å²) in [5, 5.41) is 4.90. The number of rotatable bonds is 5. The van der Waals surface area contributed by atoms with E-state index in [1.165, 1.54) is 10.4 Å². The minimum absolute atomic E-state index is 0.0745. The number of para-hydroxylation sites is 2. The van der Waals surface area contributed by atoms with E-state index in [0.717, 1.165) is 18.7 Å². The minimum Gasteiger partial charge on any atom is -0.486 e. The van der Waals surface area contributed by atoms with E-state index in [1.807, 2.05) is 29.2 Å². The number of carbonyl (C=O) groups is 2. The number of hydrogen-bond acceptors (Lipinski definition) is 5. The van der Waals surface area contributed by atoms with Gasteiger partial charge in [-0.1, -0.05) is 12.1 Å². The highest BCUT2D eigenvalue weighted by atomic mass is 32.1. The summed E-state index contributed by atoms with van der Waals surface area (Å²) in [6.45, 7) is 2.54. The average molecular weight is 416 g/mol. The van der Waals surface area contributed by atoms with E-state index in [0.29, 0.717) is 38.4 Å². The first kappa shape index (κ1) is 19.6. The summed E-state index contributed by atoms with van der Waals surface area (Å²) in [5.74, 6) is 1.49. The summed E-state index contributed by atoms with van der Waals surface area (Å²) < 4.78 is 11.6. The van der Waals surface area contributed by atoms with Crippen LogP contribution in [0, 0.1) is 0 Å². The molecule has 2 aliphatic heterocycles. The number of urea groups is 1. The van der Waals surface area contributed by atoms with Crippen LogP contribution < -0.4 is 14.8 Å². The Kier molecular flexibility index (Phi) is 5.89. The zero-order chi connectivity index (χ0) is 20.2. The van der Waals surface area contributed by atoms with Crippen molar-refractivity contribution in [3.05, 3.63) is 46.2 Å². The molecule has 7 nitrogen and oxygen atoms in total. The minimum atomic E-state index is -0.226. The maximum absolute atomic E-state index is 12.4. The molecule has 2 aliphatic rings. The molecule has 0 radical (unpaired) electrons. The Morgan fingerprint density at radius 1 is 1.28 bits per heavy atom. The second kappa shape index (κ2) is 8.73. The van der Waals surface area contributed by atoms with Crippen LogP contribution >= 0.6 is 11.3 Å². The van der Waals surface area contributed by atoms with Gasteiger partial charge in [0.25, 0.3) is 0 Å². The van der Waals surface area contributed by atoms with Crippen LogP contribution in [0.5, 0.6) is 11.5 Å². The van der Waals surface area contributed by atoms with Crippen molar-refractivity contribution in [3.8, 4) is 11.5 Å². The molecule has 0 spiro atoms. The SMILES string of the molecule is CN(CC1COc2ccccc2O1)C(=O)NCCC(=O)N1CCc2sccc2C1. The van der Waals surface area contributed by atoms with Gasteiger partial charge in [0.2, 0.25) is 5.91 Å². The first-order chi connectivity index (χ1) is 14.1. The molecule has 1 unspecified atom stereocenters. The zero-order valence-electron chi connectivity index (χ0n) is 16.4. The van der Waals surface area contributed by atoms with Crippen LogP contribution in [0.25, 0.3) is 0 Å². The normalized spacial score (nSPS) is 17.4. The van der Waals surface area contributed by atoms with Crippen molar-refractivity contribution in [2.75, 3.05) is 33.3 Å². The highest BCUT2D eigenvalue weighted by Crippen LogP contribution is 2.31. The fraction of sp³-hybridized carbons (Fsp3) is 0.429. The second-order valence-electron chi connectivity index (χ2n) is 7.29. The third-order valence-corrected chi connectivity index (χ3v) is 6.19. The highest BCUT2D eigenvalue weighted by molar-refractivity contribution is 7.10. The summed E-state index contributed by atoms with van der Waals surface area (Å²) in [5.41, 5.74) is 1.25. The molecule has 1 aromatic heterocycles. The van der Waals surface area contributed by atoms with Gasteiger partial charge in [0.05, 0.1) is 6.54 Å². The fourth-order valence-corrected chi connectivity index (χ4v) is 4.46. The molecule has 0 saturated carbocycles. The molecule has 3 heterocycles. The Balaban J connectivity index is 1.18. The van der Waals surface area contributed by atoms with Gasteiger partial charge in [0.15, 0.2) is 17.6 Å². The molecule has 8 heteroatoms. The van der Waals surface area contributed by atoms with E-state index in [9.17, 15) is 9.59 Å². The van der Waals surface area contributed by atoms with Crippen LogP contribution in [0.2, 0.25) is 0 Å². The topological polar surface area (TPSA) is 71.1 Å². The number of benzene rings is 1. The lowest BCUT2D eigenvalue weighted by molar-refractivity contribution is -0.131. The molecular weight excluding hydrogens is 390 g/mol. The molecule has 4 rings (SSSR count). The average Bonchev–Trinajstić information content (AvgIpc) is 3.21. The van der Waals surface area contributed by atoms with Gasteiger partial charge in [0.1, 0.15) is 6.61 Å². The number of hydrogen-bond donors (Lipinski definition) is 1. The van der Waals surface area contributed by atoms with Crippen molar-refractivity contribution in [1.29, 1.82) is 0 Å². The van der Waals surface area contributed by atoms with Crippen LogP contribution in [0.4, 0.5) is 4.79 Å². The van der Waals surface area contributed by atoms with Gasteiger partial charge in [-0.05, 0) is 35.6 Å². The largest absolute Gasteiger partial charge is 0.486 e. The standard InChI is InChI=1S/C21H25N3O4S/c1-23(13-16-14-27-17-4-2-3-5-18(17)28-16)21(26)22-9-6-20(25)24-10-7-19-15(12-24)8-11-29-19/h2-5,8,11,16H,6-7,9-10,12-14H2,1H3,(H,22,26). The van der Waals surface area contributed by atoms with Gasteiger partial charge in [-0.2, -0.15) is 0 Å². The Morgan fingerprint density at radius 3 is 2.97 bits per heavy atom. The number of carbonyl (C=O) groups excluding carboxylic acids is 2. The molecule has 0 bridgehead atoms. The predicted molar refractivity (Wildman–Crippen MR) is 110 cm³/mol. The van der Waals surface area contributed by atoms with E-state index in [2.05, 4.69) is 16.8 Å². The van der Waals surface area contributed by atoms with E-state index >= 15 is 0 Å². The Hall–Kier alpha value is -2.74. The Morgan fingerprint density at radius 2 is 2.10 bits per heavy atom. The smallest absolute Gasteiger partial charge is 0.317 e. The Labute approximate surface area is 174 Å². The van der Waals surface area contributed by atoms with Crippen molar-refractivity contribution in [3.63, 3.8) is 0 Å². The number of ether oxygens (including phenoxy) is 2. The van der Waals surface area contributed by atoms with Crippen molar-refractivity contribution in [1.82, 2.24) is 15.1 Å². The molecule has 154 valence electrons. The van der Waals surface area contributed by atoms with Crippen LogP contribution in [0.15, 0.2) is 35.7 Å². The molecule has 0 aliphatic carbocycles. The van der Waals surface area contributed by atoms with Crippen molar-refractivity contribution < 1.29 is 19.1 Å². The number of fused-ring (bicyclic) bond motifs is 2. The summed E-state index contributed by atoms with van der Waals surface area (Å²) in [6.07, 6.45) is 0.992. The summed E-state index contributed by atoms with van der Waals surface area (Å²) in [7, 11) is 1.71. The molecule has 0 fully saturated rings. The number of thiophene rings is 1. The van der Waals surface area contributed by atoms with Gasteiger partial charge in [-0.3, -0.25) is 4.79 Å². The summed E-state index contributed by atoms with van der Waals surface area (Å²) in [4.78, 5) is 29.6. The van der Waals surface area contributed by atoms with Crippen LogP contribution in [0.3, 0.4) is 0 Å². The molecular formula is C21H25N3O4S. The molecule has 1 N–H and O–H groups in total. The third kappa shape index (κ3) is 4.64. The maximum atomic E-state index is 12.4. The summed E-state index contributed by atoms with van der Waals surface area (Å²) in [6, 6.07) is 9.37. The highest BCUT2D eigenvalue weighted by Gasteiger charge is 2.24. The lowest BCUT2D eigenvalue weighted by Crippen LogP contribution is -2.46. The number of likely N-dealkylation sites (N-methyl/N-ethyl adjacent to an activating group) is 1. The number of nitrogens with zero attached hydrogens (tertiary/aromatic N) is 2. The molecule has 1 atom stereocenters. The van der Waals surface area contributed by atoms with Crippen LogP contribution in [-0.2, 0) is 17.8 Å². The number of amides is 3.